The third kappa shape index (κ3) is 2.73. The fraction of sp³-hybridized carbons (Fsp3) is 1.00. The maximum absolute atomic E-state index is 8.94. The molecule has 3 heteroatoms. The zero-order valence-corrected chi connectivity index (χ0v) is 7.82. The first-order valence-corrected chi connectivity index (χ1v) is 4.62. The topological polar surface area (TPSA) is 38.7 Å². The van der Waals surface area contributed by atoms with Gasteiger partial charge >= 0.3 is 0 Å². The lowest BCUT2D eigenvalue weighted by Gasteiger charge is -2.22. The van der Waals surface area contributed by atoms with Gasteiger partial charge in [-0.15, -0.1) is 0 Å². The predicted molar refractivity (Wildman–Crippen MR) is 45.8 cm³/mol. The average molecular weight is 174 g/mol. The van der Waals surface area contributed by atoms with Crippen LogP contribution in [-0.2, 0) is 9.47 Å². The zero-order valence-electron chi connectivity index (χ0n) is 7.82. The van der Waals surface area contributed by atoms with Crippen LogP contribution in [0.3, 0.4) is 0 Å². The number of ether oxygens (including phenoxy) is 2. The minimum absolute atomic E-state index is 0.0279. The van der Waals surface area contributed by atoms with Gasteiger partial charge in [0.05, 0.1) is 12.7 Å². The van der Waals surface area contributed by atoms with Crippen molar-refractivity contribution in [2.24, 2.45) is 5.92 Å². The van der Waals surface area contributed by atoms with Crippen LogP contribution < -0.4 is 0 Å². The lowest BCUT2D eigenvalue weighted by molar-refractivity contribution is -0.182. The second-order valence-electron chi connectivity index (χ2n) is 3.57. The van der Waals surface area contributed by atoms with E-state index in [0.29, 0.717) is 5.92 Å². The molecule has 1 fully saturated rings. The van der Waals surface area contributed by atoms with Gasteiger partial charge in [0.25, 0.3) is 0 Å². The van der Waals surface area contributed by atoms with Crippen LogP contribution in [0.5, 0.6) is 0 Å². The molecule has 0 aliphatic carbocycles. The van der Waals surface area contributed by atoms with Gasteiger partial charge in [-0.2, -0.15) is 0 Å². The van der Waals surface area contributed by atoms with E-state index in [1.54, 1.807) is 0 Å². The molecule has 1 N–H and O–H groups in total. The average Bonchev–Trinajstić information content (AvgIpc) is 2.28. The number of hydrogen-bond acceptors (Lipinski definition) is 3. The Morgan fingerprint density at radius 3 is 2.83 bits per heavy atom. The van der Waals surface area contributed by atoms with Gasteiger partial charge < -0.3 is 14.6 Å². The molecule has 1 rings (SSSR count). The van der Waals surface area contributed by atoms with Crippen molar-refractivity contribution in [2.45, 2.75) is 39.1 Å². The maximum Gasteiger partial charge on any atom is 0.160 e. The molecule has 1 aliphatic rings. The first-order chi connectivity index (χ1) is 5.74. The standard InChI is InChI=1S/C9H18O3/c1-7(2)9-11-5-3-4-8(6-10)12-9/h7-10H,3-6H2,1-2H3/t8-,9-/m1/s1. The van der Waals surface area contributed by atoms with Gasteiger partial charge in [0.1, 0.15) is 0 Å². The van der Waals surface area contributed by atoms with Gasteiger partial charge in [0.15, 0.2) is 6.29 Å². The monoisotopic (exact) mass is 174 g/mol. The first kappa shape index (κ1) is 9.96. The molecular weight excluding hydrogens is 156 g/mol. The zero-order chi connectivity index (χ0) is 8.97. The van der Waals surface area contributed by atoms with Gasteiger partial charge in [-0.05, 0) is 12.8 Å². The maximum atomic E-state index is 8.94. The SMILES string of the molecule is CC(C)[C@@H]1OCCC[C@H](CO)O1. The Balaban J connectivity index is 2.42. The van der Waals surface area contributed by atoms with Gasteiger partial charge in [0.2, 0.25) is 0 Å². The normalized spacial score (nSPS) is 32.0. The molecule has 1 saturated heterocycles. The van der Waals surface area contributed by atoms with Crippen molar-refractivity contribution in [1.82, 2.24) is 0 Å². The Bertz CT molecular complexity index is 125. The summed E-state index contributed by atoms with van der Waals surface area (Å²) >= 11 is 0. The molecular formula is C9H18O3. The molecule has 0 radical (unpaired) electrons. The number of hydrogen-bond donors (Lipinski definition) is 1. The van der Waals surface area contributed by atoms with Crippen LogP contribution in [0.2, 0.25) is 0 Å². The van der Waals surface area contributed by atoms with Crippen LogP contribution in [-0.4, -0.2) is 30.7 Å². The molecule has 0 spiro atoms. The Morgan fingerprint density at radius 1 is 1.50 bits per heavy atom. The van der Waals surface area contributed by atoms with Crippen molar-refractivity contribution in [3.63, 3.8) is 0 Å². The predicted octanol–water partition coefficient (Wildman–Crippen LogP) is 1.16. The van der Waals surface area contributed by atoms with Crippen molar-refractivity contribution in [3.05, 3.63) is 0 Å². The van der Waals surface area contributed by atoms with Gasteiger partial charge in [-0.3, -0.25) is 0 Å². The summed E-state index contributed by atoms with van der Waals surface area (Å²) in [6.07, 6.45) is 1.72. The highest BCUT2D eigenvalue weighted by atomic mass is 16.7. The van der Waals surface area contributed by atoms with E-state index in [1.807, 2.05) is 0 Å². The fourth-order valence-corrected chi connectivity index (χ4v) is 1.29. The molecule has 3 nitrogen and oxygen atoms in total. The van der Waals surface area contributed by atoms with Gasteiger partial charge in [-0.1, -0.05) is 13.8 Å². The highest BCUT2D eigenvalue weighted by molar-refractivity contribution is 4.63. The summed E-state index contributed by atoms with van der Waals surface area (Å²) in [7, 11) is 0. The molecule has 1 heterocycles. The molecule has 0 aromatic rings. The van der Waals surface area contributed by atoms with E-state index in [9.17, 15) is 0 Å². The van der Waals surface area contributed by atoms with Crippen LogP contribution in [0.25, 0.3) is 0 Å². The molecule has 0 aromatic heterocycles. The van der Waals surface area contributed by atoms with Gasteiger partial charge in [-0.25, -0.2) is 0 Å². The molecule has 72 valence electrons. The Kier molecular flexibility index (Phi) is 3.98. The number of aliphatic hydroxyl groups excluding tert-OH is 1. The third-order valence-electron chi connectivity index (χ3n) is 2.03. The molecule has 0 aromatic carbocycles. The van der Waals surface area contributed by atoms with E-state index in [1.165, 1.54) is 0 Å². The lowest BCUT2D eigenvalue weighted by Crippen LogP contribution is -2.28. The largest absolute Gasteiger partial charge is 0.394 e. The molecule has 1 aliphatic heterocycles. The molecule has 12 heavy (non-hydrogen) atoms. The van der Waals surface area contributed by atoms with Crippen molar-refractivity contribution in [2.75, 3.05) is 13.2 Å². The van der Waals surface area contributed by atoms with E-state index in [0.717, 1.165) is 19.4 Å². The summed E-state index contributed by atoms with van der Waals surface area (Å²) in [5.41, 5.74) is 0. The van der Waals surface area contributed by atoms with Crippen LogP contribution in [0.1, 0.15) is 26.7 Å². The molecule has 0 bridgehead atoms. The second kappa shape index (κ2) is 4.80. The molecule has 0 saturated carbocycles. The van der Waals surface area contributed by atoms with Crippen molar-refractivity contribution in [3.8, 4) is 0 Å². The second-order valence-corrected chi connectivity index (χ2v) is 3.57. The number of rotatable bonds is 2. The molecule has 2 atom stereocenters. The Labute approximate surface area is 73.7 Å². The first-order valence-electron chi connectivity index (χ1n) is 4.62. The van der Waals surface area contributed by atoms with E-state index >= 15 is 0 Å². The summed E-state index contributed by atoms with van der Waals surface area (Å²) in [6.45, 7) is 4.97. The van der Waals surface area contributed by atoms with Crippen molar-refractivity contribution >= 4 is 0 Å². The summed E-state index contributed by atoms with van der Waals surface area (Å²) in [4.78, 5) is 0. The minimum atomic E-state index is -0.135. The van der Waals surface area contributed by atoms with Crippen LogP contribution >= 0.6 is 0 Å². The van der Waals surface area contributed by atoms with Crippen molar-refractivity contribution in [1.29, 1.82) is 0 Å². The fourth-order valence-electron chi connectivity index (χ4n) is 1.29. The van der Waals surface area contributed by atoms with Crippen LogP contribution in [0.4, 0.5) is 0 Å². The third-order valence-corrected chi connectivity index (χ3v) is 2.03. The summed E-state index contributed by atoms with van der Waals surface area (Å²) in [5.74, 6) is 0.358. The van der Waals surface area contributed by atoms with Crippen LogP contribution in [0, 0.1) is 5.92 Å². The number of aliphatic hydroxyl groups is 1. The summed E-state index contributed by atoms with van der Waals surface area (Å²) in [5, 5.41) is 8.94. The van der Waals surface area contributed by atoms with Crippen LogP contribution in [0.15, 0.2) is 0 Å². The minimum Gasteiger partial charge on any atom is -0.394 e. The highest BCUT2D eigenvalue weighted by Gasteiger charge is 2.22. The summed E-state index contributed by atoms with van der Waals surface area (Å²) < 4.78 is 11.0. The van der Waals surface area contributed by atoms with Crippen molar-refractivity contribution < 1.29 is 14.6 Å². The Morgan fingerprint density at radius 2 is 2.25 bits per heavy atom. The molecule has 0 unspecified atom stereocenters. The Hall–Kier alpha value is -0.120. The quantitative estimate of drug-likeness (QED) is 0.682. The van der Waals surface area contributed by atoms with E-state index in [-0.39, 0.29) is 19.0 Å². The van der Waals surface area contributed by atoms with Gasteiger partial charge in [0, 0.05) is 12.5 Å². The van der Waals surface area contributed by atoms with E-state index in [2.05, 4.69) is 13.8 Å². The van der Waals surface area contributed by atoms with E-state index in [4.69, 9.17) is 14.6 Å². The molecule has 0 amide bonds. The summed E-state index contributed by atoms with van der Waals surface area (Å²) in [6, 6.07) is 0. The smallest absolute Gasteiger partial charge is 0.160 e. The lowest BCUT2D eigenvalue weighted by atomic mass is 10.2. The highest BCUT2D eigenvalue weighted by Crippen LogP contribution is 2.17. The van der Waals surface area contributed by atoms with E-state index < -0.39 is 0 Å².